The SMILES string of the molecule is CC(=O)c1cc(C=CCCCl)cs1. The second-order valence-electron chi connectivity index (χ2n) is 2.68. The predicted octanol–water partition coefficient (Wildman–Crippen LogP) is 3.59. The Kier molecular flexibility index (Phi) is 4.19. The number of halogens is 1. The van der Waals surface area contributed by atoms with E-state index >= 15 is 0 Å². The van der Waals surface area contributed by atoms with Crippen molar-refractivity contribution in [2.45, 2.75) is 13.3 Å². The molecule has 0 amide bonds. The van der Waals surface area contributed by atoms with Crippen molar-refractivity contribution in [3.63, 3.8) is 0 Å². The van der Waals surface area contributed by atoms with E-state index in [9.17, 15) is 4.79 Å². The Labute approximate surface area is 87.0 Å². The quantitative estimate of drug-likeness (QED) is 0.553. The van der Waals surface area contributed by atoms with Gasteiger partial charge in [0, 0.05) is 5.88 Å². The molecule has 1 aromatic rings. The summed E-state index contributed by atoms with van der Waals surface area (Å²) in [5.74, 6) is 0.766. The molecule has 1 aromatic heterocycles. The first kappa shape index (κ1) is 10.5. The molecule has 0 radical (unpaired) electrons. The molecule has 1 rings (SSSR count). The zero-order chi connectivity index (χ0) is 9.68. The average molecular weight is 215 g/mol. The standard InChI is InChI=1S/C10H11ClOS/c1-8(12)10-6-9(7-13-10)4-2-3-5-11/h2,4,6-7H,3,5H2,1H3. The van der Waals surface area contributed by atoms with Crippen molar-refractivity contribution < 1.29 is 4.79 Å². The van der Waals surface area contributed by atoms with E-state index < -0.39 is 0 Å². The predicted molar refractivity (Wildman–Crippen MR) is 58.7 cm³/mol. The minimum Gasteiger partial charge on any atom is -0.294 e. The average Bonchev–Trinajstić information content (AvgIpc) is 2.53. The Morgan fingerprint density at radius 2 is 2.46 bits per heavy atom. The first-order valence-electron chi connectivity index (χ1n) is 4.06. The molecule has 0 aliphatic carbocycles. The van der Waals surface area contributed by atoms with Crippen molar-refractivity contribution in [1.82, 2.24) is 0 Å². The fraction of sp³-hybridized carbons (Fsp3) is 0.300. The van der Waals surface area contributed by atoms with Crippen molar-refractivity contribution in [3.8, 4) is 0 Å². The third kappa shape index (κ3) is 3.33. The van der Waals surface area contributed by atoms with Gasteiger partial charge in [-0.15, -0.1) is 22.9 Å². The van der Waals surface area contributed by atoms with Crippen LogP contribution in [0.5, 0.6) is 0 Å². The number of rotatable bonds is 4. The molecule has 0 aromatic carbocycles. The second-order valence-corrected chi connectivity index (χ2v) is 3.97. The van der Waals surface area contributed by atoms with Crippen LogP contribution in [0.2, 0.25) is 0 Å². The maximum atomic E-state index is 11.0. The molecule has 0 spiro atoms. The molecule has 13 heavy (non-hydrogen) atoms. The van der Waals surface area contributed by atoms with Crippen molar-refractivity contribution in [3.05, 3.63) is 28.0 Å². The normalized spacial score (nSPS) is 10.9. The number of hydrogen-bond acceptors (Lipinski definition) is 2. The van der Waals surface area contributed by atoms with E-state index in [2.05, 4.69) is 0 Å². The molecular formula is C10H11ClOS. The largest absolute Gasteiger partial charge is 0.294 e. The number of hydrogen-bond donors (Lipinski definition) is 0. The molecule has 1 nitrogen and oxygen atoms in total. The number of allylic oxidation sites excluding steroid dienone is 1. The van der Waals surface area contributed by atoms with Crippen LogP contribution in [0.1, 0.15) is 28.6 Å². The van der Waals surface area contributed by atoms with Crippen LogP contribution >= 0.6 is 22.9 Å². The number of thiophene rings is 1. The van der Waals surface area contributed by atoms with Gasteiger partial charge in [-0.2, -0.15) is 0 Å². The van der Waals surface area contributed by atoms with Gasteiger partial charge in [0.2, 0.25) is 0 Å². The van der Waals surface area contributed by atoms with E-state index in [4.69, 9.17) is 11.6 Å². The first-order valence-corrected chi connectivity index (χ1v) is 5.47. The summed E-state index contributed by atoms with van der Waals surface area (Å²) in [6, 6.07) is 1.90. The van der Waals surface area contributed by atoms with E-state index in [1.807, 2.05) is 23.6 Å². The lowest BCUT2D eigenvalue weighted by Gasteiger charge is -1.84. The van der Waals surface area contributed by atoms with Gasteiger partial charge in [0.1, 0.15) is 0 Å². The monoisotopic (exact) mass is 214 g/mol. The highest BCUT2D eigenvalue weighted by Gasteiger charge is 2.00. The lowest BCUT2D eigenvalue weighted by molar-refractivity contribution is 0.102. The summed E-state index contributed by atoms with van der Waals surface area (Å²) in [5.41, 5.74) is 1.08. The summed E-state index contributed by atoms with van der Waals surface area (Å²) in [6.45, 7) is 1.58. The summed E-state index contributed by atoms with van der Waals surface area (Å²) in [6.07, 6.45) is 4.87. The van der Waals surface area contributed by atoms with Crippen molar-refractivity contribution in [1.29, 1.82) is 0 Å². The zero-order valence-electron chi connectivity index (χ0n) is 7.42. The van der Waals surface area contributed by atoms with Crippen LogP contribution in [0.3, 0.4) is 0 Å². The molecule has 0 atom stereocenters. The van der Waals surface area contributed by atoms with Crippen LogP contribution in [0.4, 0.5) is 0 Å². The molecule has 0 saturated heterocycles. The lowest BCUT2D eigenvalue weighted by Crippen LogP contribution is -1.83. The molecule has 0 aliphatic rings. The van der Waals surface area contributed by atoms with Gasteiger partial charge in [-0.3, -0.25) is 4.79 Å². The van der Waals surface area contributed by atoms with E-state index in [0.717, 1.165) is 16.9 Å². The first-order chi connectivity index (χ1) is 6.24. The van der Waals surface area contributed by atoms with Crippen LogP contribution in [0, 0.1) is 0 Å². The van der Waals surface area contributed by atoms with Gasteiger partial charge in [-0.25, -0.2) is 0 Å². The second kappa shape index (κ2) is 5.20. The van der Waals surface area contributed by atoms with E-state index in [-0.39, 0.29) is 5.78 Å². The molecule has 0 saturated carbocycles. The van der Waals surface area contributed by atoms with Crippen molar-refractivity contribution in [2.75, 3.05) is 5.88 Å². The highest BCUT2D eigenvalue weighted by atomic mass is 35.5. The van der Waals surface area contributed by atoms with Crippen LogP contribution in [-0.4, -0.2) is 11.7 Å². The Balaban J connectivity index is 2.64. The minimum absolute atomic E-state index is 0.127. The van der Waals surface area contributed by atoms with E-state index in [0.29, 0.717) is 5.88 Å². The van der Waals surface area contributed by atoms with E-state index in [1.54, 1.807) is 6.92 Å². The summed E-state index contributed by atoms with van der Waals surface area (Å²) in [4.78, 5) is 11.8. The maximum absolute atomic E-state index is 11.0. The smallest absolute Gasteiger partial charge is 0.169 e. The highest BCUT2D eigenvalue weighted by molar-refractivity contribution is 7.12. The summed E-state index contributed by atoms with van der Waals surface area (Å²) < 4.78 is 0. The number of ketones is 1. The third-order valence-electron chi connectivity index (χ3n) is 1.55. The summed E-state index contributed by atoms with van der Waals surface area (Å²) in [7, 11) is 0. The van der Waals surface area contributed by atoms with Gasteiger partial charge in [0.05, 0.1) is 4.88 Å². The number of alkyl halides is 1. The molecule has 3 heteroatoms. The zero-order valence-corrected chi connectivity index (χ0v) is 8.99. The lowest BCUT2D eigenvalue weighted by atomic mass is 10.2. The van der Waals surface area contributed by atoms with Crippen LogP contribution < -0.4 is 0 Å². The van der Waals surface area contributed by atoms with Gasteiger partial charge < -0.3 is 0 Å². The third-order valence-corrected chi connectivity index (χ3v) is 2.82. The molecule has 0 unspecified atom stereocenters. The Hall–Kier alpha value is -0.600. The molecule has 1 heterocycles. The fourth-order valence-corrected chi connectivity index (χ4v) is 1.81. The Morgan fingerprint density at radius 1 is 1.69 bits per heavy atom. The van der Waals surface area contributed by atoms with Gasteiger partial charge in [0.15, 0.2) is 5.78 Å². The summed E-state index contributed by atoms with van der Waals surface area (Å²) in [5, 5.41) is 1.97. The molecule has 70 valence electrons. The number of Topliss-reactive ketones (excluding diaryl/α,β-unsaturated/α-hetero) is 1. The van der Waals surface area contributed by atoms with Crippen LogP contribution in [0.25, 0.3) is 6.08 Å². The molecule has 0 aliphatic heterocycles. The summed E-state index contributed by atoms with van der Waals surface area (Å²) >= 11 is 7.00. The maximum Gasteiger partial charge on any atom is 0.169 e. The molecule has 0 bridgehead atoms. The number of carbonyl (C=O) groups excluding carboxylic acids is 1. The van der Waals surface area contributed by atoms with Gasteiger partial charge >= 0.3 is 0 Å². The van der Waals surface area contributed by atoms with Crippen molar-refractivity contribution in [2.24, 2.45) is 0 Å². The molecular weight excluding hydrogens is 204 g/mol. The van der Waals surface area contributed by atoms with Gasteiger partial charge in [-0.05, 0) is 30.4 Å². The van der Waals surface area contributed by atoms with Gasteiger partial charge in [-0.1, -0.05) is 12.2 Å². The minimum atomic E-state index is 0.127. The Bertz CT molecular complexity index is 314. The van der Waals surface area contributed by atoms with Gasteiger partial charge in [0.25, 0.3) is 0 Å². The van der Waals surface area contributed by atoms with Crippen LogP contribution in [-0.2, 0) is 0 Å². The Morgan fingerprint density at radius 3 is 3.00 bits per heavy atom. The van der Waals surface area contributed by atoms with Crippen molar-refractivity contribution >= 4 is 34.8 Å². The molecule has 0 fully saturated rings. The topological polar surface area (TPSA) is 17.1 Å². The van der Waals surface area contributed by atoms with E-state index in [1.165, 1.54) is 11.3 Å². The molecule has 0 N–H and O–H groups in total. The highest BCUT2D eigenvalue weighted by Crippen LogP contribution is 2.16. The number of carbonyl (C=O) groups is 1. The fourth-order valence-electron chi connectivity index (χ4n) is 0.905. The van der Waals surface area contributed by atoms with Crippen LogP contribution in [0.15, 0.2) is 17.5 Å².